The molecule has 3 heterocycles. The Labute approximate surface area is 160 Å². The van der Waals surface area contributed by atoms with E-state index in [9.17, 15) is 0 Å². The van der Waals surface area contributed by atoms with Crippen LogP contribution in [0, 0.1) is 11.3 Å². The molecule has 0 aliphatic carbocycles. The van der Waals surface area contributed by atoms with Crippen molar-refractivity contribution in [1.82, 2.24) is 29.4 Å². The molecule has 3 aromatic heterocycles. The zero-order valence-corrected chi connectivity index (χ0v) is 15.4. The van der Waals surface area contributed by atoms with E-state index in [2.05, 4.69) is 26.7 Å². The van der Waals surface area contributed by atoms with Gasteiger partial charge in [0.05, 0.1) is 18.0 Å². The van der Waals surface area contributed by atoms with E-state index in [4.69, 9.17) is 21.8 Å². The van der Waals surface area contributed by atoms with Gasteiger partial charge >= 0.3 is 0 Å². The van der Waals surface area contributed by atoms with Crippen molar-refractivity contribution in [2.75, 3.05) is 5.32 Å². The Balaban J connectivity index is 1.94. The normalized spacial score (nSPS) is 12.1. The minimum Gasteiger partial charge on any atom is -0.339 e. The largest absolute Gasteiger partial charge is 0.339 e. The third-order valence-electron chi connectivity index (χ3n) is 4.05. The third kappa shape index (κ3) is 3.20. The number of nitrogens with zero attached hydrogens (tertiary/aromatic N) is 7. The quantitative estimate of drug-likeness (QED) is 0.585. The number of hydrogen-bond acceptors (Lipinski definition) is 6. The van der Waals surface area contributed by atoms with Crippen molar-refractivity contribution in [2.45, 2.75) is 13.0 Å². The summed E-state index contributed by atoms with van der Waals surface area (Å²) in [6.07, 6.45) is 5.44. The van der Waals surface area contributed by atoms with Crippen molar-refractivity contribution in [3.8, 4) is 28.6 Å². The molecule has 0 saturated carbocycles. The summed E-state index contributed by atoms with van der Waals surface area (Å²) in [5.74, 6) is 0.474. The maximum absolute atomic E-state index is 9.09. The van der Waals surface area contributed by atoms with E-state index < -0.39 is 6.04 Å². The lowest BCUT2D eigenvalue weighted by Crippen LogP contribution is -2.14. The lowest BCUT2D eigenvalue weighted by molar-refractivity contribution is 0.768. The van der Waals surface area contributed by atoms with E-state index in [0.717, 1.165) is 16.8 Å². The van der Waals surface area contributed by atoms with Crippen LogP contribution in [0.4, 0.5) is 5.95 Å². The molecule has 1 aromatic carbocycles. The molecule has 1 N–H and O–H groups in total. The molecule has 0 aliphatic rings. The molecule has 27 heavy (non-hydrogen) atoms. The van der Waals surface area contributed by atoms with Crippen LogP contribution in [0.3, 0.4) is 0 Å². The first-order valence-electron chi connectivity index (χ1n) is 8.22. The molecular formula is C18H15ClN8. The average molecular weight is 379 g/mol. The van der Waals surface area contributed by atoms with Gasteiger partial charge < -0.3 is 5.32 Å². The predicted molar refractivity (Wildman–Crippen MR) is 102 cm³/mol. The molecule has 0 bridgehead atoms. The van der Waals surface area contributed by atoms with Crippen LogP contribution in [-0.4, -0.2) is 35.4 Å². The molecular weight excluding hydrogens is 364 g/mol. The van der Waals surface area contributed by atoms with E-state index in [-0.39, 0.29) is 0 Å². The Morgan fingerprint density at radius 1 is 1.15 bits per heavy atom. The second kappa shape index (κ2) is 6.70. The molecule has 0 spiro atoms. The summed E-state index contributed by atoms with van der Waals surface area (Å²) in [5, 5.41) is 25.5. The van der Waals surface area contributed by atoms with Gasteiger partial charge in [-0.25, -0.2) is 4.98 Å². The number of fused-ring (bicyclic) bond motifs is 1. The van der Waals surface area contributed by atoms with Crippen LogP contribution in [0.2, 0.25) is 5.02 Å². The number of nitriles is 1. The van der Waals surface area contributed by atoms with E-state index >= 15 is 0 Å². The summed E-state index contributed by atoms with van der Waals surface area (Å²) in [5.41, 5.74) is 3.68. The standard InChI is InChI=1S/C18H15ClN8/c1-11(7-20)22-18-25-24-17-16(13-8-21-26(2)9-13)23-15(10-27(17)18)12-3-5-14(19)6-4-12/h3-6,8-11H,1-2H3,(H,22,25)/t11-/m0/s1. The van der Waals surface area contributed by atoms with Crippen LogP contribution >= 0.6 is 11.6 Å². The fourth-order valence-electron chi connectivity index (χ4n) is 2.72. The van der Waals surface area contributed by atoms with Crippen molar-refractivity contribution in [3.05, 3.63) is 47.9 Å². The van der Waals surface area contributed by atoms with E-state index in [1.807, 2.05) is 43.7 Å². The number of aromatic nitrogens is 6. The topological polar surface area (TPSA) is 96.7 Å². The van der Waals surface area contributed by atoms with E-state index in [0.29, 0.717) is 22.3 Å². The second-order valence-electron chi connectivity index (χ2n) is 6.10. The van der Waals surface area contributed by atoms with Gasteiger partial charge in [-0.1, -0.05) is 23.7 Å². The van der Waals surface area contributed by atoms with Gasteiger partial charge in [-0.3, -0.25) is 9.08 Å². The maximum atomic E-state index is 9.09. The Hall–Kier alpha value is -3.44. The van der Waals surface area contributed by atoms with Gasteiger partial charge in [-0.05, 0) is 19.1 Å². The molecule has 0 radical (unpaired) electrons. The van der Waals surface area contributed by atoms with Crippen LogP contribution in [0.15, 0.2) is 42.9 Å². The molecule has 4 aromatic rings. The first-order valence-corrected chi connectivity index (χ1v) is 8.60. The van der Waals surface area contributed by atoms with Gasteiger partial charge in [0.15, 0.2) is 5.65 Å². The fourth-order valence-corrected chi connectivity index (χ4v) is 2.84. The minimum atomic E-state index is -0.411. The number of aryl methyl sites for hydroxylation is 1. The van der Waals surface area contributed by atoms with Crippen LogP contribution in [0.25, 0.3) is 28.2 Å². The molecule has 0 aliphatic heterocycles. The number of halogens is 1. The van der Waals surface area contributed by atoms with Crippen molar-refractivity contribution in [1.29, 1.82) is 5.26 Å². The number of hydrogen-bond donors (Lipinski definition) is 1. The summed E-state index contributed by atoms with van der Waals surface area (Å²) in [7, 11) is 1.84. The van der Waals surface area contributed by atoms with Crippen molar-refractivity contribution in [2.24, 2.45) is 7.05 Å². The van der Waals surface area contributed by atoms with Crippen LogP contribution in [0.5, 0.6) is 0 Å². The molecule has 0 amide bonds. The summed E-state index contributed by atoms with van der Waals surface area (Å²) < 4.78 is 3.50. The molecule has 8 nitrogen and oxygen atoms in total. The molecule has 0 unspecified atom stereocenters. The Morgan fingerprint density at radius 3 is 2.59 bits per heavy atom. The summed E-state index contributed by atoms with van der Waals surface area (Å²) in [6.45, 7) is 1.75. The third-order valence-corrected chi connectivity index (χ3v) is 4.30. The highest BCUT2D eigenvalue weighted by Gasteiger charge is 2.17. The Morgan fingerprint density at radius 2 is 1.93 bits per heavy atom. The highest BCUT2D eigenvalue weighted by Crippen LogP contribution is 2.28. The second-order valence-corrected chi connectivity index (χ2v) is 6.53. The summed E-state index contributed by atoms with van der Waals surface area (Å²) in [4.78, 5) is 4.78. The summed E-state index contributed by atoms with van der Waals surface area (Å²) >= 11 is 6.01. The van der Waals surface area contributed by atoms with Gasteiger partial charge in [0.2, 0.25) is 5.95 Å². The first-order chi connectivity index (χ1) is 13.0. The van der Waals surface area contributed by atoms with Gasteiger partial charge in [0.1, 0.15) is 11.7 Å². The number of rotatable bonds is 4. The minimum absolute atomic E-state index is 0.411. The summed E-state index contributed by atoms with van der Waals surface area (Å²) in [6, 6.07) is 9.16. The molecule has 9 heteroatoms. The lowest BCUT2D eigenvalue weighted by atomic mass is 10.1. The van der Waals surface area contributed by atoms with Gasteiger partial charge in [-0.15, -0.1) is 10.2 Å². The molecule has 4 rings (SSSR count). The van der Waals surface area contributed by atoms with Gasteiger partial charge in [-0.2, -0.15) is 10.4 Å². The SMILES string of the molecule is C[C@@H](C#N)Nc1nnc2c(-c3cnn(C)c3)nc(-c3ccc(Cl)cc3)cn12. The zero-order valence-electron chi connectivity index (χ0n) is 14.6. The molecule has 0 fully saturated rings. The molecule has 134 valence electrons. The number of anilines is 1. The maximum Gasteiger partial charge on any atom is 0.230 e. The smallest absolute Gasteiger partial charge is 0.230 e. The van der Waals surface area contributed by atoms with E-state index in [1.165, 1.54) is 0 Å². The highest BCUT2D eigenvalue weighted by molar-refractivity contribution is 6.30. The molecule has 1 atom stereocenters. The Bertz CT molecular complexity index is 1150. The van der Waals surface area contributed by atoms with Crippen molar-refractivity contribution in [3.63, 3.8) is 0 Å². The first kappa shape index (κ1) is 17.0. The van der Waals surface area contributed by atoms with Crippen LogP contribution in [0.1, 0.15) is 6.92 Å². The Kier molecular flexibility index (Phi) is 4.22. The van der Waals surface area contributed by atoms with Gasteiger partial charge in [0.25, 0.3) is 0 Å². The number of benzene rings is 1. The van der Waals surface area contributed by atoms with E-state index in [1.54, 1.807) is 22.2 Å². The van der Waals surface area contributed by atoms with Crippen molar-refractivity contribution >= 4 is 23.2 Å². The number of nitrogens with one attached hydrogen (secondary N) is 1. The monoisotopic (exact) mass is 378 g/mol. The van der Waals surface area contributed by atoms with Gasteiger partial charge in [0, 0.05) is 35.6 Å². The van der Waals surface area contributed by atoms with Crippen molar-refractivity contribution < 1.29 is 0 Å². The zero-order chi connectivity index (χ0) is 19.0. The van der Waals surface area contributed by atoms with Crippen LogP contribution in [-0.2, 0) is 7.05 Å². The predicted octanol–water partition coefficient (Wildman–Crippen LogP) is 3.17. The lowest BCUT2D eigenvalue weighted by Gasteiger charge is -2.09. The molecule has 0 saturated heterocycles. The highest BCUT2D eigenvalue weighted by atomic mass is 35.5. The fraction of sp³-hybridized carbons (Fsp3) is 0.167. The van der Waals surface area contributed by atoms with Crippen LogP contribution < -0.4 is 5.32 Å². The average Bonchev–Trinajstić information content (AvgIpc) is 3.28.